The van der Waals surface area contributed by atoms with Crippen molar-refractivity contribution < 1.29 is 18.9 Å². The van der Waals surface area contributed by atoms with Crippen LogP contribution in [-0.4, -0.2) is 10.9 Å². The summed E-state index contributed by atoms with van der Waals surface area (Å²) in [4.78, 5) is 34.6. The molecule has 1 heterocycles. The summed E-state index contributed by atoms with van der Waals surface area (Å²) in [6, 6.07) is 8.50. The van der Waals surface area contributed by atoms with Gasteiger partial charge in [0, 0.05) is 28.1 Å². The number of aryl methyl sites for hydroxylation is 2. The number of nitro benzene ring substituents is 1. The maximum absolute atomic E-state index is 12.4. The third kappa shape index (κ3) is 3.68. The van der Waals surface area contributed by atoms with Crippen molar-refractivity contribution in [2.75, 3.05) is 0 Å². The number of ether oxygens (including phenoxy) is 1. The summed E-state index contributed by atoms with van der Waals surface area (Å²) >= 11 is 5.83. The van der Waals surface area contributed by atoms with Crippen LogP contribution in [0, 0.1) is 24.0 Å². The van der Waals surface area contributed by atoms with Gasteiger partial charge in [0.05, 0.1) is 4.92 Å². The fraction of sp³-hybridized carbons (Fsp3) is 0.158. The van der Waals surface area contributed by atoms with Crippen molar-refractivity contribution in [1.82, 2.24) is 0 Å². The molecule has 0 saturated carbocycles. The molecular formula is C19H14ClNO6. The number of hydrogen-bond acceptors (Lipinski definition) is 6. The Kier molecular flexibility index (Phi) is 4.96. The van der Waals surface area contributed by atoms with Gasteiger partial charge in [-0.05, 0) is 37.1 Å². The van der Waals surface area contributed by atoms with E-state index in [1.807, 2.05) is 19.9 Å². The van der Waals surface area contributed by atoms with E-state index in [9.17, 15) is 19.7 Å². The lowest BCUT2D eigenvalue weighted by Crippen LogP contribution is -2.10. The molecule has 0 saturated heterocycles. The number of hydrogen-bond donors (Lipinski definition) is 0. The molecule has 2 aromatic carbocycles. The second kappa shape index (κ2) is 7.20. The summed E-state index contributed by atoms with van der Waals surface area (Å²) < 4.78 is 10.5. The molecule has 0 fully saturated rings. The van der Waals surface area contributed by atoms with Crippen LogP contribution in [-0.2, 0) is 11.3 Å². The predicted octanol–water partition coefficient (Wildman–Crippen LogP) is 4.33. The minimum Gasteiger partial charge on any atom is -0.457 e. The van der Waals surface area contributed by atoms with Crippen molar-refractivity contribution in [3.8, 4) is 0 Å². The van der Waals surface area contributed by atoms with Crippen LogP contribution in [0.4, 0.5) is 5.69 Å². The van der Waals surface area contributed by atoms with Crippen molar-refractivity contribution in [2.24, 2.45) is 0 Å². The molecule has 0 unspecified atom stereocenters. The molecule has 0 N–H and O–H groups in total. The quantitative estimate of drug-likeness (QED) is 0.286. The summed E-state index contributed by atoms with van der Waals surface area (Å²) in [5.41, 5.74) is 1.39. The van der Waals surface area contributed by atoms with E-state index in [0.717, 1.165) is 17.2 Å². The van der Waals surface area contributed by atoms with E-state index >= 15 is 0 Å². The van der Waals surface area contributed by atoms with Gasteiger partial charge in [-0.15, -0.1) is 0 Å². The molecule has 0 aliphatic carbocycles. The fourth-order valence-electron chi connectivity index (χ4n) is 2.70. The minimum atomic E-state index is -0.908. The topological polar surface area (TPSA) is 99.6 Å². The number of carbonyl (C=O) groups is 1. The van der Waals surface area contributed by atoms with Crippen LogP contribution in [0.3, 0.4) is 0 Å². The highest BCUT2D eigenvalue weighted by molar-refractivity contribution is 6.31. The van der Waals surface area contributed by atoms with Crippen molar-refractivity contribution in [3.63, 3.8) is 0 Å². The molecule has 3 aromatic rings. The first kappa shape index (κ1) is 18.6. The van der Waals surface area contributed by atoms with Gasteiger partial charge in [-0.25, -0.2) is 9.59 Å². The number of esters is 1. The van der Waals surface area contributed by atoms with E-state index in [0.29, 0.717) is 16.5 Å². The Morgan fingerprint density at radius 3 is 2.67 bits per heavy atom. The first-order valence-electron chi connectivity index (χ1n) is 7.92. The molecule has 7 nitrogen and oxygen atoms in total. The summed E-state index contributed by atoms with van der Waals surface area (Å²) in [6.45, 7) is 3.47. The van der Waals surface area contributed by atoms with E-state index in [2.05, 4.69) is 0 Å². The standard InChI is InChI=1S/C19H14ClNO6/c1-10-3-5-14-12(7-17(22)27-18(14)11(10)2)9-26-19(23)15-8-13(20)4-6-16(15)21(24)25/h3-8H,9H2,1-2H3. The van der Waals surface area contributed by atoms with Gasteiger partial charge < -0.3 is 9.15 Å². The maximum Gasteiger partial charge on any atom is 0.345 e. The fourth-order valence-corrected chi connectivity index (χ4v) is 2.87. The van der Waals surface area contributed by atoms with Gasteiger partial charge in [-0.1, -0.05) is 23.7 Å². The minimum absolute atomic E-state index is 0.171. The van der Waals surface area contributed by atoms with Crippen molar-refractivity contribution in [3.05, 3.63) is 84.2 Å². The number of halogens is 1. The summed E-state index contributed by atoms with van der Waals surface area (Å²) in [7, 11) is 0. The molecule has 3 rings (SSSR count). The monoisotopic (exact) mass is 387 g/mol. The zero-order valence-electron chi connectivity index (χ0n) is 14.4. The lowest BCUT2D eigenvalue weighted by molar-refractivity contribution is -0.385. The van der Waals surface area contributed by atoms with E-state index in [1.54, 1.807) is 6.07 Å². The normalized spacial score (nSPS) is 10.8. The Morgan fingerprint density at radius 2 is 1.96 bits per heavy atom. The number of rotatable bonds is 4. The zero-order chi connectivity index (χ0) is 19.7. The first-order valence-corrected chi connectivity index (χ1v) is 8.29. The second-order valence-corrected chi connectivity index (χ2v) is 6.41. The van der Waals surface area contributed by atoms with E-state index in [1.165, 1.54) is 18.2 Å². The van der Waals surface area contributed by atoms with Crippen molar-refractivity contribution >= 4 is 34.2 Å². The number of fused-ring (bicyclic) bond motifs is 1. The van der Waals surface area contributed by atoms with E-state index in [-0.39, 0.29) is 17.2 Å². The van der Waals surface area contributed by atoms with Crippen molar-refractivity contribution in [2.45, 2.75) is 20.5 Å². The van der Waals surface area contributed by atoms with Crippen LogP contribution in [0.2, 0.25) is 5.02 Å². The third-order valence-electron chi connectivity index (χ3n) is 4.25. The molecule has 0 spiro atoms. The third-order valence-corrected chi connectivity index (χ3v) is 4.49. The number of carbonyl (C=O) groups excluding carboxylic acids is 1. The SMILES string of the molecule is Cc1ccc2c(COC(=O)c3cc(Cl)ccc3[N+](=O)[O-])cc(=O)oc2c1C. The van der Waals surface area contributed by atoms with Crippen molar-refractivity contribution in [1.29, 1.82) is 0 Å². The van der Waals surface area contributed by atoms with E-state index < -0.39 is 22.2 Å². The average molecular weight is 388 g/mol. The van der Waals surface area contributed by atoms with Gasteiger partial charge in [0.2, 0.25) is 0 Å². The smallest absolute Gasteiger partial charge is 0.345 e. The molecule has 0 aliphatic heterocycles. The Hall–Kier alpha value is -3.19. The average Bonchev–Trinajstić information content (AvgIpc) is 2.62. The molecule has 8 heteroatoms. The van der Waals surface area contributed by atoms with Gasteiger partial charge in [0.15, 0.2) is 0 Å². The highest BCUT2D eigenvalue weighted by Gasteiger charge is 2.22. The van der Waals surface area contributed by atoms with Crippen LogP contribution in [0.15, 0.2) is 45.6 Å². The maximum atomic E-state index is 12.4. The van der Waals surface area contributed by atoms with Crippen LogP contribution < -0.4 is 5.63 Å². The molecule has 138 valence electrons. The summed E-state index contributed by atoms with van der Waals surface area (Å²) in [5.74, 6) is -0.908. The lowest BCUT2D eigenvalue weighted by atomic mass is 10.0. The van der Waals surface area contributed by atoms with Crippen LogP contribution >= 0.6 is 11.6 Å². The van der Waals surface area contributed by atoms with Gasteiger partial charge in [0.25, 0.3) is 5.69 Å². The van der Waals surface area contributed by atoms with Crippen LogP contribution in [0.25, 0.3) is 11.0 Å². The van der Waals surface area contributed by atoms with Gasteiger partial charge in [-0.3, -0.25) is 10.1 Å². The largest absolute Gasteiger partial charge is 0.457 e. The number of nitrogens with zero attached hydrogens (tertiary/aromatic N) is 1. The molecule has 0 bridgehead atoms. The summed E-state index contributed by atoms with van der Waals surface area (Å²) in [6.07, 6.45) is 0. The Bertz CT molecular complexity index is 1130. The second-order valence-electron chi connectivity index (χ2n) is 5.97. The van der Waals surface area contributed by atoms with Gasteiger partial charge in [0.1, 0.15) is 17.8 Å². The molecule has 1 aromatic heterocycles. The molecule has 0 amide bonds. The van der Waals surface area contributed by atoms with E-state index in [4.69, 9.17) is 20.8 Å². The van der Waals surface area contributed by atoms with Crippen LogP contribution in [0.1, 0.15) is 27.0 Å². The summed E-state index contributed by atoms with van der Waals surface area (Å²) in [5, 5.41) is 11.9. The van der Waals surface area contributed by atoms with Gasteiger partial charge >= 0.3 is 11.6 Å². The number of nitro groups is 1. The lowest BCUT2D eigenvalue weighted by Gasteiger charge is -2.10. The first-order chi connectivity index (χ1) is 12.8. The van der Waals surface area contributed by atoms with Gasteiger partial charge in [-0.2, -0.15) is 0 Å². The Labute approximate surface area is 158 Å². The molecule has 27 heavy (non-hydrogen) atoms. The highest BCUT2D eigenvalue weighted by Crippen LogP contribution is 2.26. The molecule has 0 aliphatic rings. The highest BCUT2D eigenvalue weighted by atomic mass is 35.5. The molecule has 0 atom stereocenters. The molecule has 0 radical (unpaired) electrons. The Balaban J connectivity index is 1.95. The number of benzene rings is 2. The van der Waals surface area contributed by atoms with Crippen LogP contribution in [0.5, 0.6) is 0 Å². The predicted molar refractivity (Wildman–Crippen MR) is 99.2 cm³/mol. The molecular weight excluding hydrogens is 374 g/mol. The Morgan fingerprint density at radius 1 is 1.22 bits per heavy atom. The zero-order valence-corrected chi connectivity index (χ0v) is 15.2.